The molecule has 0 N–H and O–H groups in total. The van der Waals surface area contributed by atoms with Crippen LogP contribution >= 0.6 is 0 Å². The third-order valence-corrected chi connectivity index (χ3v) is 0. The summed E-state index contributed by atoms with van der Waals surface area (Å²) >= 11 is 0. The Bertz CT molecular complexity index is 10.1. The minimum absolute atomic E-state index is 0. The molecule has 0 spiro atoms. The van der Waals surface area contributed by atoms with Crippen molar-refractivity contribution in [2.75, 3.05) is 21.3 Å². The first-order valence-corrected chi connectivity index (χ1v) is 1.22. The molecule has 0 rings (SSSR count). The molecule has 0 aliphatic rings. The molecule has 0 bridgehead atoms. The zero-order valence-corrected chi connectivity index (χ0v) is 7.25. The summed E-state index contributed by atoms with van der Waals surface area (Å²) in [6.45, 7) is 0. The minimum atomic E-state index is 0. The van der Waals surface area contributed by atoms with Gasteiger partial charge in [0.1, 0.15) is 0 Å². The molecule has 0 atom stereocenters. The molecule has 0 heterocycles. The standard InChI is InChI=1S/3CH3O.Sm/c3*1-2;/h3*1H3;/q3*-1;+3. The summed E-state index contributed by atoms with van der Waals surface area (Å²) in [4.78, 5) is 0. The third kappa shape index (κ3) is 133. The quantitative estimate of drug-likeness (QED) is 0.453. The van der Waals surface area contributed by atoms with Crippen LogP contribution in [-0.2, 0) is 0 Å². The molecule has 0 aromatic carbocycles. The summed E-state index contributed by atoms with van der Waals surface area (Å²) in [6.07, 6.45) is 0. The maximum atomic E-state index is 8.25. The monoisotopic (exact) mass is 245 g/mol. The molecular formula is C3H9O3Sm. The molecule has 0 unspecified atom stereocenters. The molecule has 45 valence electrons. The van der Waals surface area contributed by atoms with Crippen LogP contribution in [0.2, 0.25) is 0 Å². The molecular weight excluding hydrogens is 234 g/mol. The number of hydrogen-bond acceptors (Lipinski definition) is 3. The van der Waals surface area contributed by atoms with Gasteiger partial charge in [-0.1, -0.05) is 0 Å². The van der Waals surface area contributed by atoms with Gasteiger partial charge in [0.15, 0.2) is 0 Å². The van der Waals surface area contributed by atoms with Gasteiger partial charge in [0, 0.05) is 0 Å². The van der Waals surface area contributed by atoms with E-state index < -0.39 is 0 Å². The van der Waals surface area contributed by atoms with Crippen molar-refractivity contribution in [3.8, 4) is 0 Å². The van der Waals surface area contributed by atoms with Crippen molar-refractivity contribution in [2.24, 2.45) is 0 Å². The van der Waals surface area contributed by atoms with Gasteiger partial charge in [-0.2, -0.15) is 21.3 Å². The maximum absolute atomic E-state index is 8.25. The average Bonchev–Trinajstić information content (AvgIpc) is 1.81. The van der Waals surface area contributed by atoms with E-state index in [4.69, 9.17) is 15.3 Å². The fourth-order valence-corrected chi connectivity index (χ4v) is 0. The Balaban J connectivity index is -0.00000000900. The van der Waals surface area contributed by atoms with Crippen molar-refractivity contribution < 1.29 is 55.7 Å². The van der Waals surface area contributed by atoms with Crippen LogP contribution in [0, 0.1) is 40.4 Å². The molecule has 0 fully saturated rings. The van der Waals surface area contributed by atoms with Crippen molar-refractivity contribution in [3.05, 3.63) is 0 Å². The third-order valence-electron chi connectivity index (χ3n) is 0. The van der Waals surface area contributed by atoms with E-state index in [1.807, 2.05) is 0 Å². The zero-order valence-electron chi connectivity index (χ0n) is 4.63. The first-order chi connectivity index (χ1) is 3.00. The van der Waals surface area contributed by atoms with E-state index in [1.165, 1.54) is 0 Å². The van der Waals surface area contributed by atoms with Gasteiger partial charge in [0.2, 0.25) is 0 Å². The van der Waals surface area contributed by atoms with Gasteiger partial charge in [-0.15, -0.1) is 0 Å². The smallest absolute Gasteiger partial charge is 0.857 e. The van der Waals surface area contributed by atoms with E-state index >= 15 is 0 Å². The van der Waals surface area contributed by atoms with Crippen molar-refractivity contribution in [1.29, 1.82) is 0 Å². The molecule has 7 heavy (non-hydrogen) atoms. The van der Waals surface area contributed by atoms with E-state index in [1.54, 1.807) is 0 Å². The van der Waals surface area contributed by atoms with Crippen molar-refractivity contribution in [2.45, 2.75) is 0 Å². The molecule has 0 saturated carbocycles. The summed E-state index contributed by atoms with van der Waals surface area (Å²) in [5, 5.41) is 24.8. The zero-order chi connectivity index (χ0) is 6.00. The summed E-state index contributed by atoms with van der Waals surface area (Å²) in [7, 11) is 2.25. The average molecular weight is 243 g/mol. The molecule has 0 amide bonds. The number of hydrogen-bond donors (Lipinski definition) is 0. The normalized spacial score (nSPS) is 2.57. The topological polar surface area (TPSA) is 69.2 Å². The fraction of sp³-hybridized carbons (Fsp3) is 1.00. The van der Waals surface area contributed by atoms with Gasteiger partial charge in [-0.3, -0.25) is 0 Å². The van der Waals surface area contributed by atoms with Crippen LogP contribution in [0.25, 0.3) is 0 Å². The minimum Gasteiger partial charge on any atom is -0.857 e. The van der Waals surface area contributed by atoms with Crippen LogP contribution in [0.3, 0.4) is 0 Å². The van der Waals surface area contributed by atoms with Crippen molar-refractivity contribution >= 4 is 0 Å². The van der Waals surface area contributed by atoms with Gasteiger partial charge in [0.05, 0.1) is 0 Å². The second-order valence-corrected chi connectivity index (χ2v) is 0. The molecule has 0 aliphatic heterocycles. The van der Waals surface area contributed by atoms with Crippen LogP contribution in [-0.4, -0.2) is 21.3 Å². The van der Waals surface area contributed by atoms with Gasteiger partial charge >= 0.3 is 40.4 Å². The first kappa shape index (κ1) is 24.1. The Morgan fingerprint density at radius 3 is 0.571 bits per heavy atom. The second kappa shape index (κ2) is 188. The Hall–Kier alpha value is 1.22. The second-order valence-electron chi connectivity index (χ2n) is 0. The predicted octanol–water partition coefficient (Wildman–Crippen LogP) is -3.07. The Morgan fingerprint density at radius 2 is 0.571 bits per heavy atom. The van der Waals surface area contributed by atoms with Crippen LogP contribution in [0.4, 0.5) is 0 Å². The van der Waals surface area contributed by atoms with Crippen LogP contribution in [0.5, 0.6) is 0 Å². The Morgan fingerprint density at radius 1 is 0.571 bits per heavy atom. The molecule has 0 aromatic heterocycles. The summed E-state index contributed by atoms with van der Waals surface area (Å²) in [5.41, 5.74) is 0. The van der Waals surface area contributed by atoms with E-state index in [2.05, 4.69) is 0 Å². The first-order valence-electron chi connectivity index (χ1n) is 1.22. The van der Waals surface area contributed by atoms with Crippen LogP contribution < -0.4 is 15.3 Å². The van der Waals surface area contributed by atoms with E-state index in [9.17, 15) is 0 Å². The largest absolute Gasteiger partial charge is 3.00 e. The summed E-state index contributed by atoms with van der Waals surface area (Å²) in [6, 6.07) is 0. The molecule has 1 radical (unpaired) electrons. The predicted molar refractivity (Wildman–Crippen MR) is 17.8 cm³/mol. The molecule has 3 nitrogen and oxygen atoms in total. The van der Waals surface area contributed by atoms with Gasteiger partial charge < -0.3 is 15.3 Å². The van der Waals surface area contributed by atoms with Gasteiger partial charge in [-0.05, 0) is 0 Å². The van der Waals surface area contributed by atoms with Crippen LogP contribution in [0.1, 0.15) is 0 Å². The van der Waals surface area contributed by atoms with Crippen molar-refractivity contribution in [1.82, 2.24) is 0 Å². The van der Waals surface area contributed by atoms with Crippen LogP contribution in [0.15, 0.2) is 0 Å². The van der Waals surface area contributed by atoms with Gasteiger partial charge in [-0.25, -0.2) is 0 Å². The van der Waals surface area contributed by atoms with Crippen molar-refractivity contribution in [3.63, 3.8) is 0 Å². The summed E-state index contributed by atoms with van der Waals surface area (Å²) < 4.78 is 0. The number of rotatable bonds is 0. The Labute approximate surface area is 76.5 Å². The summed E-state index contributed by atoms with van der Waals surface area (Å²) in [5.74, 6) is 0. The molecule has 0 aromatic rings. The Kier molecular flexibility index (Phi) is 647. The molecule has 0 aliphatic carbocycles. The fourth-order valence-electron chi connectivity index (χ4n) is 0. The maximum Gasteiger partial charge on any atom is 3.00 e. The SMILES string of the molecule is C[O-].C[O-].C[O-].[Sm+3]. The van der Waals surface area contributed by atoms with E-state index in [0.29, 0.717) is 0 Å². The van der Waals surface area contributed by atoms with Gasteiger partial charge in [0.25, 0.3) is 0 Å². The van der Waals surface area contributed by atoms with E-state index in [-0.39, 0.29) is 40.4 Å². The molecule has 0 saturated heterocycles. The van der Waals surface area contributed by atoms with E-state index in [0.717, 1.165) is 21.3 Å². The molecule has 4 heteroatoms.